The highest BCUT2D eigenvalue weighted by Crippen LogP contribution is 2.17. The smallest absolute Gasteiger partial charge is 0.220 e. The lowest BCUT2D eigenvalue weighted by Gasteiger charge is -2.07. The number of amides is 1. The summed E-state index contributed by atoms with van der Waals surface area (Å²) >= 11 is 1.74. The van der Waals surface area contributed by atoms with Crippen molar-refractivity contribution in [2.45, 2.75) is 18.6 Å². The summed E-state index contributed by atoms with van der Waals surface area (Å²) in [7, 11) is 1.63. The van der Waals surface area contributed by atoms with Crippen LogP contribution in [0.3, 0.4) is 0 Å². The van der Waals surface area contributed by atoms with Crippen LogP contribution in [0.2, 0.25) is 0 Å². The molecule has 0 radical (unpaired) electrons. The Hall–Kier alpha value is -2.08. The molecule has 0 fully saturated rings. The van der Waals surface area contributed by atoms with Crippen LogP contribution in [0.1, 0.15) is 18.6 Å². The van der Waals surface area contributed by atoms with E-state index in [1.54, 1.807) is 25.1 Å². The lowest BCUT2D eigenvalue weighted by molar-refractivity contribution is -0.121. The van der Waals surface area contributed by atoms with Gasteiger partial charge in [0.25, 0.3) is 0 Å². The molecule has 1 aromatic carbocycles. The zero-order chi connectivity index (χ0) is 17.0. The standard InChI is InChI=1S/C18H23NO4S/c1-21-15-6-8-16(9-7-15)22-12-3-5-18(20)19-10-13-24-14-17-4-2-11-23-17/h2,4,6-9,11H,3,5,10,12-14H2,1H3,(H,19,20). The van der Waals surface area contributed by atoms with Crippen LogP contribution in [0.25, 0.3) is 0 Å². The van der Waals surface area contributed by atoms with Crippen molar-refractivity contribution in [3.05, 3.63) is 48.4 Å². The number of methoxy groups -OCH3 is 1. The van der Waals surface area contributed by atoms with E-state index < -0.39 is 0 Å². The van der Waals surface area contributed by atoms with E-state index in [0.29, 0.717) is 26.0 Å². The third-order valence-corrected chi connectivity index (χ3v) is 4.25. The molecule has 0 saturated carbocycles. The zero-order valence-corrected chi connectivity index (χ0v) is 14.6. The van der Waals surface area contributed by atoms with Gasteiger partial charge in [0, 0.05) is 18.7 Å². The van der Waals surface area contributed by atoms with E-state index in [0.717, 1.165) is 28.8 Å². The maximum atomic E-state index is 11.7. The van der Waals surface area contributed by atoms with Crippen molar-refractivity contribution >= 4 is 17.7 Å². The summed E-state index contributed by atoms with van der Waals surface area (Å²) in [5.74, 6) is 4.30. The number of carbonyl (C=O) groups is 1. The normalized spacial score (nSPS) is 10.4. The number of hydrogen-bond donors (Lipinski definition) is 1. The topological polar surface area (TPSA) is 60.7 Å². The van der Waals surface area contributed by atoms with E-state index in [9.17, 15) is 4.79 Å². The highest BCUT2D eigenvalue weighted by Gasteiger charge is 2.02. The molecule has 0 atom stereocenters. The van der Waals surface area contributed by atoms with Crippen LogP contribution in [0, 0.1) is 0 Å². The summed E-state index contributed by atoms with van der Waals surface area (Å²) in [6.07, 6.45) is 2.84. The Morgan fingerprint density at radius 3 is 2.71 bits per heavy atom. The number of nitrogens with one attached hydrogen (secondary N) is 1. The van der Waals surface area contributed by atoms with E-state index in [1.165, 1.54) is 0 Å². The summed E-state index contributed by atoms with van der Waals surface area (Å²) in [5, 5.41) is 2.91. The minimum atomic E-state index is 0.0620. The first-order valence-electron chi connectivity index (χ1n) is 7.91. The zero-order valence-electron chi connectivity index (χ0n) is 13.8. The van der Waals surface area contributed by atoms with Crippen LogP contribution in [0.5, 0.6) is 11.5 Å². The van der Waals surface area contributed by atoms with Crippen LogP contribution >= 0.6 is 11.8 Å². The Morgan fingerprint density at radius 1 is 1.21 bits per heavy atom. The second-order valence-corrected chi connectivity index (χ2v) is 6.21. The van der Waals surface area contributed by atoms with Crippen molar-refractivity contribution in [1.29, 1.82) is 0 Å². The molecule has 5 nitrogen and oxygen atoms in total. The minimum Gasteiger partial charge on any atom is -0.497 e. The van der Waals surface area contributed by atoms with Crippen LogP contribution in [-0.2, 0) is 10.5 Å². The van der Waals surface area contributed by atoms with Crippen LogP contribution in [0.15, 0.2) is 47.1 Å². The molecule has 1 aromatic heterocycles. The molecule has 1 amide bonds. The van der Waals surface area contributed by atoms with Gasteiger partial charge in [-0.05, 0) is 42.8 Å². The maximum absolute atomic E-state index is 11.7. The molecular weight excluding hydrogens is 326 g/mol. The molecule has 0 aliphatic carbocycles. The van der Waals surface area contributed by atoms with Crippen molar-refractivity contribution < 1.29 is 18.7 Å². The molecule has 24 heavy (non-hydrogen) atoms. The number of carbonyl (C=O) groups excluding carboxylic acids is 1. The predicted octanol–water partition coefficient (Wildman–Crippen LogP) is 3.50. The highest BCUT2D eigenvalue weighted by atomic mass is 32.2. The van der Waals surface area contributed by atoms with Gasteiger partial charge in [-0.1, -0.05) is 0 Å². The first-order valence-corrected chi connectivity index (χ1v) is 9.07. The molecule has 0 spiro atoms. The van der Waals surface area contributed by atoms with Gasteiger partial charge in [-0.2, -0.15) is 11.8 Å². The molecule has 0 aliphatic heterocycles. The van der Waals surface area contributed by atoms with Gasteiger partial charge in [-0.3, -0.25) is 4.79 Å². The second kappa shape index (κ2) is 10.6. The van der Waals surface area contributed by atoms with Crippen molar-refractivity contribution in [2.75, 3.05) is 26.0 Å². The van der Waals surface area contributed by atoms with Crippen LogP contribution in [0.4, 0.5) is 0 Å². The Morgan fingerprint density at radius 2 is 2.00 bits per heavy atom. The quantitative estimate of drug-likeness (QED) is 0.629. The van der Waals surface area contributed by atoms with Crippen molar-refractivity contribution in [2.24, 2.45) is 0 Å². The average molecular weight is 349 g/mol. The molecule has 2 rings (SSSR count). The predicted molar refractivity (Wildman–Crippen MR) is 95.6 cm³/mol. The Labute approximate surface area is 146 Å². The fraction of sp³-hybridized carbons (Fsp3) is 0.389. The molecule has 0 aliphatic rings. The fourth-order valence-corrected chi connectivity index (χ4v) is 2.77. The van der Waals surface area contributed by atoms with E-state index in [-0.39, 0.29) is 5.91 Å². The SMILES string of the molecule is COc1ccc(OCCCC(=O)NCCSCc2ccco2)cc1. The van der Waals surface area contributed by atoms with Gasteiger partial charge in [0.15, 0.2) is 0 Å². The molecule has 0 bridgehead atoms. The largest absolute Gasteiger partial charge is 0.497 e. The Bertz CT molecular complexity index is 584. The minimum absolute atomic E-state index is 0.0620. The van der Waals surface area contributed by atoms with Crippen molar-refractivity contribution in [1.82, 2.24) is 5.32 Å². The molecule has 0 saturated heterocycles. The lowest BCUT2D eigenvalue weighted by atomic mass is 10.3. The number of thioether (sulfide) groups is 1. The second-order valence-electron chi connectivity index (χ2n) is 5.11. The molecule has 6 heteroatoms. The summed E-state index contributed by atoms with van der Waals surface area (Å²) in [6.45, 7) is 1.19. The summed E-state index contributed by atoms with van der Waals surface area (Å²) in [6, 6.07) is 11.2. The van der Waals surface area contributed by atoms with Gasteiger partial charge in [-0.25, -0.2) is 0 Å². The summed E-state index contributed by atoms with van der Waals surface area (Å²) in [4.78, 5) is 11.7. The number of rotatable bonds is 11. The Balaban J connectivity index is 1.47. The summed E-state index contributed by atoms with van der Waals surface area (Å²) in [5.41, 5.74) is 0. The first kappa shape index (κ1) is 18.3. The van der Waals surface area contributed by atoms with E-state index in [1.807, 2.05) is 36.4 Å². The maximum Gasteiger partial charge on any atom is 0.220 e. The Kier molecular flexibility index (Phi) is 8.10. The van der Waals surface area contributed by atoms with E-state index in [4.69, 9.17) is 13.9 Å². The number of hydrogen-bond acceptors (Lipinski definition) is 5. The highest BCUT2D eigenvalue weighted by molar-refractivity contribution is 7.98. The van der Waals surface area contributed by atoms with E-state index >= 15 is 0 Å². The lowest BCUT2D eigenvalue weighted by Crippen LogP contribution is -2.25. The van der Waals surface area contributed by atoms with Crippen LogP contribution < -0.4 is 14.8 Å². The number of furan rings is 1. The monoisotopic (exact) mass is 349 g/mol. The van der Waals surface area contributed by atoms with Gasteiger partial charge in [0.05, 0.1) is 25.7 Å². The molecule has 0 unspecified atom stereocenters. The van der Waals surface area contributed by atoms with Gasteiger partial charge in [0.1, 0.15) is 17.3 Å². The van der Waals surface area contributed by atoms with Gasteiger partial charge in [-0.15, -0.1) is 0 Å². The van der Waals surface area contributed by atoms with Gasteiger partial charge < -0.3 is 19.2 Å². The summed E-state index contributed by atoms with van der Waals surface area (Å²) < 4.78 is 15.9. The van der Waals surface area contributed by atoms with Crippen molar-refractivity contribution in [3.8, 4) is 11.5 Å². The third-order valence-electron chi connectivity index (χ3n) is 3.27. The molecule has 1 heterocycles. The number of benzene rings is 1. The first-order chi connectivity index (χ1) is 11.8. The van der Waals surface area contributed by atoms with Crippen LogP contribution in [-0.4, -0.2) is 31.9 Å². The molecule has 2 aromatic rings. The molecule has 130 valence electrons. The van der Waals surface area contributed by atoms with Gasteiger partial charge >= 0.3 is 0 Å². The average Bonchev–Trinajstić information content (AvgIpc) is 3.12. The fourth-order valence-electron chi connectivity index (χ4n) is 2.01. The number of ether oxygens (including phenoxy) is 2. The third kappa shape index (κ3) is 7.00. The van der Waals surface area contributed by atoms with Gasteiger partial charge in [0.2, 0.25) is 5.91 Å². The molecular formula is C18H23NO4S. The van der Waals surface area contributed by atoms with E-state index in [2.05, 4.69) is 5.32 Å². The van der Waals surface area contributed by atoms with Crippen molar-refractivity contribution in [3.63, 3.8) is 0 Å². The molecule has 1 N–H and O–H groups in total.